The van der Waals surface area contributed by atoms with Gasteiger partial charge < -0.3 is 10.1 Å². The molecule has 1 aliphatic rings. The fourth-order valence-electron chi connectivity index (χ4n) is 2.90. The Morgan fingerprint density at radius 1 is 1.22 bits per heavy atom. The lowest BCUT2D eigenvalue weighted by Gasteiger charge is -2.34. The van der Waals surface area contributed by atoms with Crippen LogP contribution in [0.2, 0.25) is 0 Å². The number of methoxy groups -OCH3 is 1. The first-order chi connectivity index (χ1) is 11.1. The van der Waals surface area contributed by atoms with Crippen molar-refractivity contribution in [2.75, 3.05) is 46.4 Å². The Labute approximate surface area is 139 Å². The highest BCUT2D eigenvalue weighted by molar-refractivity contribution is 5.77. The number of hydrogen-bond acceptors (Lipinski definition) is 4. The minimum atomic E-state index is 0.139. The smallest absolute Gasteiger partial charge is 0.234 e. The second-order valence-corrected chi connectivity index (χ2v) is 6.22. The van der Waals surface area contributed by atoms with Crippen LogP contribution >= 0.6 is 0 Å². The third-order valence-corrected chi connectivity index (χ3v) is 4.23. The molecule has 0 bridgehead atoms. The van der Waals surface area contributed by atoms with Crippen molar-refractivity contribution < 1.29 is 9.53 Å². The predicted molar refractivity (Wildman–Crippen MR) is 92.7 cm³/mol. The van der Waals surface area contributed by atoms with E-state index in [4.69, 9.17) is 4.74 Å². The molecule has 0 saturated carbocycles. The molecule has 0 radical (unpaired) electrons. The quantitative estimate of drug-likeness (QED) is 0.830. The van der Waals surface area contributed by atoms with Gasteiger partial charge in [-0.25, -0.2) is 0 Å². The van der Waals surface area contributed by atoms with Gasteiger partial charge in [0.15, 0.2) is 0 Å². The van der Waals surface area contributed by atoms with Crippen LogP contribution in [0.15, 0.2) is 18.2 Å². The van der Waals surface area contributed by atoms with E-state index in [0.29, 0.717) is 6.54 Å². The number of carbonyl (C=O) groups is 1. The van der Waals surface area contributed by atoms with Gasteiger partial charge in [0.1, 0.15) is 5.75 Å². The minimum absolute atomic E-state index is 0.139. The van der Waals surface area contributed by atoms with Gasteiger partial charge in [-0.3, -0.25) is 14.6 Å². The SMILES string of the molecule is CCCNC(=O)CN1CCN(Cc2cc(C)ccc2OC)CC1. The van der Waals surface area contributed by atoms with Crippen molar-refractivity contribution in [2.24, 2.45) is 0 Å². The third-order valence-electron chi connectivity index (χ3n) is 4.23. The summed E-state index contributed by atoms with van der Waals surface area (Å²) in [5.41, 5.74) is 2.49. The van der Waals surface area contributed by atoms with Gasteiger partial charge in [-0.2, -0.15) is 0 Å². The molecule has 1 amide bonds. The molecular weight excluding hydrogens is 290 g/mol. The number of rotatable bonds is 7. The summed E-state index contributed by atoms with van der Waals surface area (Å²) in [4.78, 5) is 16.4. The molecule has 1 N–H and O–H groups in total. The minimum Gasteiger partial charge on any atom is -0.496 e. The summed E-state index contributed by atoms with van der Waals surface area (Å²) in [6.45, 7) is 10.2. The van der Waals surface area contributed by atoms with Crippen LogP contribution < -0.4 is 10.1 Å². The van der Waals surface area contributed by atoms with E-state index in [-0.39, 0.29) is 5.91 Å². The number of hydrogen-bond donors (Lipinski definition) is 1. The molecule has 0 aromatic heterocycles. The van der Waals surface area contributed by atoms with Crippen LogP contribution in [0, 0.1) is 6.92 Å². The summed E-state index contributed by atoms with van der Waals surface area (Å²) in [6, 6.07) is 6.32. The summed E-state index contributed by atoms with van der Waals surface area (Å²) in [5.74, 6) is 1.10. The molecule has 1 aromatic carbocycles. The molecule has 0 unspecified atom stereocenters. The van der Waals surface area contributed by atoms with Crippen molar-refractivity contribution in [1.29, 1.82) is 0 Å². The Kier molecular flexibility index (Phi) is 6.86. The lowest BCUT2D eigenvalue weighted by Crippen LogP contribution is -2.49. The zero-order chi connectivity index (χ0) is 16.7. The molecule has 2 rings (SSSR count). The molecule has 128 valence electrons. The summed E-state index contributed by atoms with van der Waals surface area (Å²) in [6.07, 6.45) is 0.984. The number of nitrogens with zero attached hydrogens (tertiary/aromatic N) is 2. The van der Waals surface area contributed by atoms with Gasteiger partial charge in [0.25, 0.3) is 0 Å². The van der Waals surface area contributed by atoms with Crippen molar-refractivity contribution in [3.05, 3.63) is 29.3 Å². The van der Waals surface area contributed by atoms with E-state index in [9.17, 15) is 4.79 Å². The third kappa shape index (κ3) is 5.52. The van der Waals surface area contributed by atoms with Gasteiger partial charge in [-0.05, 0) is 19.4 Å². The van der Waals surface area contributed by atoms with E-state index in [1.54, 1.807) is 7.11 Å². The largest absolute Gasteiger partial charge is 0.496 e. The van der Waals surface area contributed by atoms with Crippen molar-refractivity contribution in [1.82, 2.24) is 15.1 Å². The zero-order valence-electron chi connectivity index (χ0n) is 14.6. The monoisotopic (exact) mass is 319 g/mol. The highest BCUT2D eigenvalue weighted by Crippen LogP contribution is 2.21. The maximum Gasteiger partial charge on any atom is 0.234 e. The van der Waals surface area contributed by atoms with Crippen molar-refractivity contribution >= 4 is 5.91 Å². The molecule has 0 atom stereocenters. The van der Waals surface area contributed by atoms with Crippen LogP contribution in [0.3, 0.4) is 0 Å². The van der Waals surface area contributed by atoms with Crippen molar-refractivity contribution in [3.63, 3.8) is 0 Å². The summed E-state index contributed by atoms with van der Waals surface area (Å²) >= 11 is 0. The normalized spacial score (nSPS) is 16.3. The number of amides is 1. The van der Waals surface area contributed by atoms with E-state index >= 15 is 0 Å². The Balaban J connectivity index is 1.81. The Morgan fingerprint density at radius 2 is 1.91 bits per heavy atom. The number of aryl methyl sites for hydroxylation is 1. The first-order valence-electron chi connectivity index (χ1n) is 8.47. The highest BCUT2D eigenvalue weighted by Gasteiger charge is 2.19. The maximum atomic E-state index is 11.8. The standard InChI is InChI=1S/C18H29N3O2/c1-4-7-19-18(22)14-21-10-8-20(9-11-21)13-16-12-15(2)5-6-17(16)23-3/h5-6,12H,4,7-11,13-14H2,1-3H3,(H,19,22). The second-order valence-electron chi connectivity index (χ2n) is 6.22. The Hall–Kier alpha value is -1.59. The van der Waals surface area contributed by atoms with Crippen LogP contribution in [0.4, 0.5) is 0 Å². The highest BCUT2D eigenvalue weighted by atomic mass is 16.5. The average molecular weight is 319 g/mol. The fraction of sp³-hybridized carbons (Fsp3) is 0.611. The molecule has 1 aromatic rings. The van der Waals surface area contributed by atoms with Crippen LogP contribution in [0.1, 0.15) is 24.5 Å². The number of nitrogens with one attached hydrogen (secondary N) is 1. The molecule has 5 heteroatoms. The molecular formula is C18H29N3O2. The predicted octanol–water partition coefficient (Wildman–Crippen LogP) is 1.65. The first kappa shape index (κ1) is 17.8. The first-order valence-corrected chi connectivity index (χ1v) is 8.47. The van der Waals surface area contributed by atoms with E-state index in [1.165, 1.54) is 11.1 Å². The zero-order valence-corrected chi connectivity index (χ0v) is 14.6. The van der Waals surface area contributed by atoms with E-state index in [1.807, 2.05) is 6.07 Å². The molecule has 1 aliphatic heterocycles. The lowest BCUT2D eigenvalue weighted by molar-refractivity contribution is -0.122. The summed E-state index contributed by atoms with van der Waals surface area (Å²) in [5, 5.41) is 2.94. The molecule has 1 heterocycles. The van der Waals surface area contributed by atoms with E-state index in [0.717, 1.165) is 51.4 Å². The number of carbonyl (C=O) groups excluding carboxylic acids is 1. The van der Waals surface area contributed by atoms with Crippen LogP contribution in [0.25, 0.3) is 0 Å². The van der Waals surface area contributed by atoms with Gasteiger partial charge in [-0.15, -0.1) is 0 Å². The number of ether oxygens (including phenoxy) is 1. The fourth-order valence-corrected chi connectivity index (χ4v) is 2.90. The molecule has 23 heavy (non-hydrogen) atoms. The van der Waals surface area contributed by atoms with E-state index < -0.39 is 0 Å². The van der Waals surface area contributed by atoms with Gasteiger partial charge >= 0.3 is 0 Å². The van der Waals surface area contributed by atoms with Crippen molar-refractivity contribution in [2.45, 2.75) is 26.8 Å². The van der Waals surface area contributed by atoms with Gasteiger partial charge in [-0.1, -0.05) is 24.6 Å². The van der Waals surface area contributed by atoms with Gasteiger partial charge in [0.2, 0.25) is 5.91 Å². The lowest BCUT2D eigenvalue weighted by atomic mass is 10.1. The topological polar surface area (TPSA) is 44.8 Å². The Morgan fingerprint density at radius 3 is 2.57 bits per heavy atom. The summed E-state index contributed by atoms with van der Waals surface area (Å²) in [7, 11) is 1.72. The van der Waals surface area contributed by atoms with Crippen LogP contribution in [0.5, 0.6) is 5.75 Å². The Bertz CT molecular complexity index is 511. The summed E-state index contributed by atoms with van der Waals surface area (Å²) < 4.78 is 5.46. The van der Waals surface area contributed by atoms with Crippen LogP contribution in [-0.2, 0) is 11.3 Å². The number of benzene rings is 1. The van der Waals surface area contributed by atoms with E-state index in [2.05, 4.69) is 41.1 Å². The molecule has 0 aliphatic carbocycles. The molecule has 1 saturated heterocycles. The van der Waals surface area contributed by atoms with Crippen LogP contribution in [-0.4, -0.2) is 62.1 Å². The second kappa shape index (κ2) is 8.89. The number of piperazine rings is 1. The van der Waals surface area contributed by atoms with Gasteiger partial charge in [0.05, 0.1) is 13.7 Å². The molecule has 0 spiro atoms. The maximum absolute atomic E-state index is 11.8. The molecule has 5 nitrogen and oxygen atoms in total. The van der Waals surface area contributed by atoms with Crippen molar-refractivity contribution in [3.8, 4) is 5.75 Å². The molecule has 1 fully saturated rings. The van der Waals surface area contributed by atoms with Gasteiger partial charge in [0, 0.05) is 44.8 Å². The average Bonchev–Trinajstić information content (AvgIpc) is 2.55.